The topological polar surface area (TPSA) is 55.2 Å². The Morgan fingerprint density at radius 1 is 1.19 bits per heavy atom. The van der Waals surface area contributed by atoms with E-state index in [0.717, 1.165) is 32.4 Å². The van der Waals surface area contributed by atoms with Gasteiger partial charge in [0, 0.05) is 19.6 Å². The minimum Gasteiger partial charge on any atom is -0.342 e. The van der Waals surface area contributed by atoms with Gasteiger partial charge in [-0.15, -0.1) is 0 Å². The first kappa shape index (κ1) is 19.0. The van der Waals surface area contributed by atoms with E-state index in [9.17, 15) is 9.59 Å². The molecular formula is C20H27N3O2S. The fourth-order valence-corrected chi connectivity index (χ4v) is 4.24. The summed E-state index contributed by atoms with van der Waals surface area (Å²) in [4.78, 5) is 32.3. The largest absolute Gasteiger partial charge is 0.342 e. The van der Waals surface area contributed by atoms with Crippen molar-refractivity contribution < 1.29 is 4.79 Å². The number of aromatic nitrogens is 2. The zero-order valence-electron chi connectivity index (χ0n) is 15.8. The summed E-state index contributed by atoms with van der Waals surface area (Å²) in [7, 11) is 0. The Bertz CT molecular complexity index is 841. The van der Waals surface area contributed by atoms with E-state index in [2.05, 4.69) is 13.8 Å². The normalized spacial score (nSPS) is 15.8. The maximum Gasteiger partial charge on any atom is 0.262 e. The van der Waals surface area contributed by atoms with Crippen molar-refractivity contribution >= 4 is 28.6 Å². The number of thioether (sulfide) groups is 1. The number of benzene rings is 1. The number of amides is 1. The standard InChI is InChI=1S/C20H27N3O2S/c1-14(2)10-13-23-19(25)16-8-4-5-9-17(16)21-20(23)26-15(3)18(24)22-11-6-7-12-22/h4-5,8-9,14-15H,6-7,10-13H2,1-3H3. The minimum atomic E-state index is -0.244. The summed E-state index contributed by atoms with van der Waals surface area (Å²) in [6.45, 7) is 8.52. The molecule has 1 aromatic carbocycles. The molecule has 0 spiro atoms. The number of para-hydroxylation sites is 1. The maximum atomic E-state index is 13.0. The highest BCUT2D eigenvalue weighted by Crippen LogP contribution is 2.25. The number of nitrogens with zero attached hydrogens (tertiary/aromatic N) is 3. The van der Waals surface area contributed by atoms with Crippen LogP contribution in [0.15, 0.2) is 34.2 Å². The second kappa shape index (κ2) is 8.25. The van der Waals surface area contributed by atoms with Crippen molar-refractivity contribution in [3.8, 4) is 0 Å². The van der Waals surface area contributed by atoms with Crippen molar-refractivity contribution in [2.75, 3.05) is 13.1 Å². The van der Waals surface area contributed by atoms with Crippen LogP contribution in [-0.4, -0.2) is 38.7 Å². The van der Waals surface area contributed by atoms with E-state index in [1.807, 2.05) is 36.1 Å². The zero-order chi connectivity index (χ0) is 18.7. The third-order valence-corrected chi connectivity index (χ3v) is 5.88. The fraction of sp³-hybridized carbons (Fsp3) is 0.550. The van der Waals surface area contributed by atoms with Gasteiger partial charge in [0.05, 0.1) is 16.2 Å². The first-order valence-corrected chi connectivity index (χ1v) is 10.3. The van der Waals surface area contributed by atoms with E-state index in [4.69, 9.17) is 4.98 Å². The maximum absolute atomic E-state index is 13.0. The number of likely N-dealkylation sites (tertiary alicyclic amines) is 1. The molecular weight excluding hydrogens is 346 g/mol. The van der Waals surface area contributed by atoms with Crippen LogP contribution in [0, 0.1) is 5.92 Å². The third-order valence-electron chi connectivity index (χ3n) is 4.80. The van der Waals surface area contributed by atoms with Crippen LogP contribution in [0.3, 0.4) is 0 Å². The van der Waals surface area contributed by atoms with Gasteiger partial charge in [0.2, 0.25) is 5.91 Å². The molecule has 26 heavy (non-hydrogen) atoms. The molecule has 5 nitrogen and oxygen atoms in total. The van der Waals surface area contributed by atoms with Crippen LogP contribution in [0.4, 0.5) is 0 Å². The highest BCUT2D eigenvalue weighted by atomic mass is 32.2. The molecule has 1 aliphatic rings. The predicted octanol–water partition coefficient (Wildman–Crippen LogP) is 3.55. The summed E-state index contributed by atoms with van der Waals surface area (Å²) < 4.78 is 1.75. The highest BCUT2D eigenvalue weighted by Gasteiger charge is 2.25. The Morgan fingerprint density at radius 3 is 2.58 bits per heavy atom. The van der Waals surface area contributed by atoms with Gasteiger partial charge in [-0.25, -0.2) is 4.98 Å². The first-order valence-electron chi connectivity index (χ1n) is 9.42. The smallest absolute Gasteiger partial charge is 0.262 e. The summed E-state index contributed by atoms with van der Waals surface area (Å²) in [5.41, 5.74) is 0.682. The van der Waals surface area contributed by atoms with E-state index in [0.29, 0.717) is 28.5 Å². The zero-order valence-corrected chi connectivity index (χ0v) is 16.6. The lowest BCUT2D eigenvalue weighted by molar-refractivity contribution is -0.129. The van der Waals surface area contributed by atoms with Crippen LogP contribution in [0.2, 0.25) is 0 Å². The van der Waals surface area contributed by atoms with Crippen molar-refractivity contribution in [1.29, 1.82) is 0 Å². The molecule has 0 aliphatic carbocycles. The molecule has 0 N–H and O–H groups in total. The molecule has 6 heteroatoms. The van der Waals surface area contributed by atoms with Crippen molar-refractivity contribution in [1.82, 2.24) is 14.5 Å². The van der Waals surface area contributed by atoms with Gasteiger partial charge < -0.3 is 4.90 Å². The first-order chi connectivity index (χ1) is 12.5. The minimum absolute atomic E-state index is 0.0143. The number of fused-ring (bicyclic) bond motifs is 1. The monoisotopic (exact) mass is 373 g/mol. The Balaban J connectivity index is 1.93. The predicted molar refractivity (Wildman–Crippen MR) is 107 cm³/mol. The lowest BCUT2D eigenvalue weighted by Crippen LogP contribution is -2.34. The molecule has 1 fully saturated rings. The second-order valence-corrected chi connectivity index (χ2v) is 8.65. The van der Waals surface area contributed by atoms with E-state index >= 15 is 0 Å². The van der Waals surface area contributed by atoms with E-state index in [1.165, 1.54) is 11.8 Å². The van der Waals surface area contributed by atoms with Crippen LogP contribution in [0.5, 0.6) is 0 Å². The molecule has 0 radical (unpaired) electrons. The van der Waals surface area contributed by atoms with Crippen LogP contribution in [0.25, 0.3) is 10.9 Å². The molecule has 1 amide bonds. The Hall–Kier alpha value is -1.82. The number of hydrogen-bond acceptors (Lipinski definition) is 4. The number of carbonyl (C=O) groups is 1. The Morgan fingerprint density at radius 2 is 1.88 bits per heavy atom. The van der Waals surface area contributed by atoms with E-state index < -0.39 is 0 Å². The van der Waals surface area contributed by atoms with E-state index in [-0.39, 0.29) is 16.7 Å². The van der Waals surface area contributed by atoms with E-state index in [1.54, 1.807) is 4.57 Å². The Kier molecular flexibility index (Phi) is 6.01. The number of rotatable bonds is 6. The molecule has 1 aromatic heterocycles. The molecule has 2 aromatic rings. The average molecular weight is 374 g/mol. The average Bonchev–Trinajstić information content (AvgIpc) is 3.15. The van der Waals surface area contributed by atoms with Crippen LogP contribution >= 0.6 is 11.8 Å². The molecule has 0 saturated carbocycles. The SMILES string of the molecule is CC(C)CCn1c(SC(C)C(=O)N2CCCC2)nc2ccccc2c1=O. The van der Waals surface area contributed by atoms with Crippen molar-refractivity contribution in [3.63, 3.8) is 0 Å². The Labute approximate surface area is 158 Å². The molecule has 1 unspecified atom stereocenters. The van der Waals surface area contributed by atoms with Gasteiger partial charge in [-0.2, -0.15) is 0 Å². The molecule has 1 atom stereocenters. The van der Waals surface area contributed by atoms with Gasteiger partial charge in [-0.1, -0.05) is 37.7 Å². The second-order valence-electron chi connectivity index (χ2n) is 7.34. The fourth-order valence-electron chi connectivity index (χ4n) is 3.23. The molecule has 0 bridgehead atoms. The van der Waals surface area contributed by atoms with Crippen LogP contribution in [0.1, 0.15) is 40.0 Å². The van der Waals surface area contributed by atoms with Gasteiger partial charge in [-0.05, 0) is 44.2 Å². The van der Waals surface area contributed by atoms with Gasteiger partial charge >= 0.3 is 0 Å². The summed E-state index contributed by atoms with van der Waals surface area (Å²) in [6.07, 6.45) is 3.06. The van der Waals surface area contributed by atoms with Gasteiger partial charge in [0.1, 0.15) is 0 Å². The summed E-state index contributed by atoms with van der Waals surface area (Å²) >= 11 is 1.41. The summed E-state index contributed by atoms with van der Waals surface area (Å²) in [5, 5.41) is 1.04. The van der Waals surface area contributed by atoms with Crippen molar-refractivity contribution in [3.05, 3.63) is 34.6 Å². The number of hydrogen-bond donors (Lipinski definition) is 0. The molecule has 1 saturated heterocycles. The highest BCUT2D eigenvalue weighted by molar-refractivity contribution is 8.00. The van der Waals surface area contributed by atoms with Crippen molar-refractivity contribution in [2.24, 2.45) is 5.92 Å². The molecule has 140 valence electrons. The van der Waals surface area contributed by atoms with Crippen molar-refractivity contribution in [2.45, 2.75) is 57.0 Å². The molecule has 2 heterocycles. The number of carbonyl (C=O) groups excluding carboxylic acids is 1. The quantitative estimate of drug-likeness (QED) is 0.574. The third kappa shape index (κ3) is 4.11. The molecule has 3 rings (SSSR count). The van der Waals surface area contributed by atoms with Gasteiger partial charge in [0.15, 0.2) is 5.16 Å². The summed E-state index contributed by atoms with van der Waals surface area (Å²) in [5.74, 6) is 0.639. The van der Waals surface area contributed by atoms with Crippen LogP contribution in [-0.2, 0) is 11.3 Å². The van der Waals surface area contributed by atoms with Crippen LogP contribution < -0.4 is 5.56 Å². The lowest BCUT2D eigenvalue weighted by atomic mass is 10.1. The molecule has 1 aliphatic heterocycles. The lowest BCUT2D eigenvalue weighted by Gasteiger charge is -2.21. The summed E-state index contributed by atoms with van der Waals surface area (Å²) in [6, 6.07) is 7.44. The van der Waals surface area contributed by atoms with Gasteiger partial charge in [0.25, 0.3) is 5.56 Å². The van der Waals surface area contributed by atoms with Gasteiger partial charge in [-0.3, -0.25) is 14.2 Å².